The van der Waals surface area contributed by atoms with Crippen molar-refractivity contribution in [2.75, 3.05) is 0 Å². The molecule has 0 spiro atoms. The maximum absolute atomic E-state index is 11.0. The number of carbonyl (C=O) groups excluding carboxylic acids is 1. The van der Waals surface area contributed by atoms with Crippen molar-refractivity contribution in [1.82, 2.24) is 0 Å². The molecule has 0 atom stereocenters. The Balaban J connectivity index is 3.62. The minimum Gasteiger partial charge on any atom is -0.276 e. The van der Waals surface area contributed by atoms with Crippen molar-refractivity contribution in [2.45, 2.75) is 4.90 Å². The first kappa shape index (κ1) is 11.8. The standard InChI is InChI=1S/C7H3Cl3O3S/c8-5-3-1-2-4(7(9)11)6(5)14(10,12)13/h1-3H. The molecule has 0 saturated carbocycles. The second-order valence-electron chi connectivity index (χ2n) is 2.33. The van der Waals surface area contributed by atoms with Crippen molar-refractivity contribution < 1.29 is 13.2 Å². The highest BCUT2D eigenvalue weighted by atomic mass is 35.7. The van der Waals surface area contributed by atoms with Crippen LogP contribution in [-0.4, -0.2) is 13.7 Å². The Morgan fingerprint density at radius 3 is 2.21 bits per heavy atom. The van der Waals surface area contributed by atoms with Gasteiger partial charge < -0.3 is 0 Å². The number of hydrogen-bond acceptors (Lipinski definition) is 3. The van der Waals surface area contributed by atoms with E-state index in [4.69, 9.17) is 33.9 Å². The molecule has 14 heavy (non-hydrogen) atoms. The van der Waals surface area contributed by atoms with Gasteiger partial charge in [0, 0.05) is 10.7 Å². The topological polar surface area (TPSA) is 51.2 Å². The van der Waals surface area contributed by atoms with Gasteiger partial charge in [0.25, 0.3) is 14.3 Å². The predicted molar refractivity (Wildman–Crippen MR) is 54.7 cm³/mol. The molecule has 1 aromatic carbocycles. The summed E-state index contributed by atoms with van der Waals surface area (Å²) in [5, 5.41) is -1.06. The number of rotatable bonds is 2. The summed E-state index contributed by atoms with van der Waals surface area (Å²) in [6, 6.07) is 3.94. The van der Waals surface area contributed by atoms with Crippen LogP contribution in [0.3, 0.4) is 0 Å². The van der Waals surface area contributed by atoms with Crippen LogP contribution in [0.25, 0.3) is 0 Å². The molecule has 0 aliphatic rings. The van der Waals surface area contributed by atoms with Crippen LogP contribution in [0.2, 0.25) is 5.02 Å². The van der Waals surface area contributed by atoms with Gasteiger partial charge in [-0.05, 0) is 23.7 Å². The normalized spacial score (nSPS) is 11.4. The second kappa shape index (κ2) is 4.06. The van der Waals surface area contributed by atoms with Crippen LogP contribution in [-0.2, 0) is 9.05 Å². The van der Waals surface area contributed by atoms with E-state index in [1.165, 1.54) is 18.2 Å². The molecule has 0 radical (unpaired) electrons. The van der Waals surface area contributed by atoms with E-state index in [-0.39, 0.29) is 10.6 Å². The zero-order valence-corrected chi connectivity index (χ0v) is 9.58. The van der Waals surface area contributed by atoms with Crippen LogP contribution < -0.4 is 0 Å². The van der Waals surface area contributed by atoms with Gasteiger partial charge in [0.1, 0.15) is 4.90 Å². The highest BCUT2D eigenvalue weighted by Gasteiger charge is 2.22. The van der Waals surface area contributed by atoms with Crippen LogP contribution in [0.1, 0.15) is 10.4 Å². The Morgan fingerprint density at radius 1 is 1.29 bits per heavy atom. The lowest BCUT2D eigenvalue weighted by molar-refractivity contribution is 0.107. The van der Waals surface area contributed by atoms with E-state index in [1.807, 2.05) is 0 Å². The zero-order valence-electron chi connectivity index (χ0n) is 6.50. The third kappa shape index (κ3) is 2.39. The number of benzene rings is 1. The fourth-order valence-corrected chi connectivity index (χ4v) is 2.95. The third-order valence-corrected chi connectivity index (χ3v) is 3.44. The molecule has 0 fully saturated rings. The fourth-order valence-electron chi connectivity index (χ4n) is 0.911. The Hall–Kier alpha value is -0.290. The SMILES string of the molecule is O=C(Cl)c1cccc(Cl)c1S(=O)(=O)Cl. The van der Waals surface area contributed by atoms with Crippen molar-refractivity contribution in [3.8, 4) is 0 Å². The van der Waals surface area contributed by atoms with Crippen molar-refractivity contribution >= 4 is 48.2 Å². The summed E-state index contributed by atoms with van der Waals surface area (Å²) < 4.78 is 22.1. The average Bonchev–Trinajstić information content (AvgIpc) is 2.01. The molecule has 0 aliphatic heterocycles. The van der Waals surface area contributed by atoms with Gasteiger partial charge in [0.2, 0.25) is 0 Å². The Labute approximate surface area is 95.0 Å². The molecule has 0 unspecified atom stereocenters. The first-order valence-electron chi connectivity index (χ1n) is 3.27. The molecule has 0 N–H and O–H groups in total. The smallest absolute Gasteiger partial charge is 0.263 e. The largest absolute Gasteiger partial charge is 0.276 e. The summed E-state index contributed by atoms with van der Waals surface area (Å²) >= 11 is 10.7. The first-order chi connectivity index (χ1) is 6.34. The van der Waals surface area contributed by atoms with Crippen LogP contribution in [0.4, 0.5) is 0 Å². The molecule has 3 nitrogen and oxygen atoms in total. The average molecular weight is 274 g/mol. The van der Waals surface area contributed by atoms with E-state index in [0.29, 0.717) is 0 Å². The van der Waals surface area contributed by atoms with Crippen LogP contribution >= 0.6 is 33.9 Å². The Kier molecular flexibility index (Phi) is 3.42. The molecular formula is C7H3Cl3O3S. The Morgan fingerprint density at radius 2 is 1.86 bits per heavy atom. The molecule has 0 aliphatic carbocycles. The summed E-state index contributed by atoms with van der Waals surface area (Å²) in [5.41, 5.74) is -0.228. The molecule has 7 heteroatoms. The maximum atomic E-state index is 11.0. The molecule has 0 aromatic heterocycles. The lowest BCUT2D eigenvalue weighted by Gasteiger charge is -2.03. The fraction of sp³-hybridized carbons (Fsp3) is 0. The van der Waals surface area contributed by atoms with Crippen LogP contribution in [0.15, 0.2) is 23.1 Å². The van der Waals surface area contributed by atoms with Crippen molar-refractivity contribution in [1.29, 1.82) is 0 Å². The summed E-state index contributed by atoms with van der Waals surface area (Å²) in [4.78, 5) is 10.4. The van der Waals surface area contributed by atoms with E-state index in [2.05, 4.69) is 0 Å². The van der Waals surface area contributed by atoms with Crippen molar-refractivity contribution in [3.63, 3.8) is 0 Å². The van der Waals surface area contributed by atoms with Gasteiger partial charge in [0.05, 0.1) is 10.6 Å². The van der Waals surface area contributed by atoms with Gasteiger partial charge >= 0.3 is 0 Å². The molecule has 1 aromatic rings. The van der Waals surface area contributed by atoms with E-state index in [0.717, 1.165) is 0 Å². The summed E-state index contributed by atoms with van der Waals surface area (Å²) in [6.07, 6.45) is 0. The van der Waals surface area contributed by atoms with Gasteiger partial charge in [-0.25, -0.2) is 8.42 Å². The van der Waals surface area contributed by atoms with Gasteiger partial charge in [-0.2, -0.15) is 0 Å². The van der Waals surface area contributed by atoms with Crippen molar-refractivity contribution in [3.05, 3.63) is 28.8 Å². The van der Waals surface area contributed by atoms with E-state index >= 15 is 0 Å². The molecule has 0 heterocycles. The second-order valence-corrected chi connectivity index (χ2v) is 5.58. The summed E-state index contributed by atoms with van der Waals surface area (Å²) in [6.45, 7) is 0. The van der Waals surface area contributed by atoms with E-state index < -0.39 is 19.2 Å². The molecular weight excluding hydrogens is 270 g/mol. The van der Waals surface area contributed by atoms with Crippen molar-refractivity contribution in [2.24, 2.45) is 0 Å². The molecule has 0 saturated heterocycles. The summed E-state index contributed by atoms with van der Waals surface area (Å²) in [5.74, 6) is 0. The molecule has 0 amide bonds. The maximum Gasteiger partial charge on any atom is 0.263 e. The van der Waals surface area contributed by atoms with Gasteiger partial charge in [-0.15, -0.1) is 0 Å². The van der Waals surface area contributed by atoms with Gasteiger partial charge in [-0.1, -0.05) is 17.7 Å². The minimum atomic E-state index is -4.07. The predicted octanol–water partition coefficient (Wildman–Crippen LogP) is 2.65. The van der Waals surface area contributed by atoms with Gasteiger partial charge in [0.15, 0.2) is 0 Å². The summed E-state index contributed by atoms with van der Waals surface area (Å²) in [7, 11) is 1.02. The van der Waals surface area contributed by atoms with E-state index in [9.17, 15) is 13.2 Å². The lowest BCUT2D eigenvalue weighted by Crippen LogP contribution is -2.01. The first-order valence-corrected chi connectivity index (χ1v) is 6.33. The van der Waals surface area contributed by atoms with Crippen LogP contribution in [0, 0.1) is 0 Å². The van der Waals surface area contributed by atoms with Crippen LogP contribution in [0.5, 0.6) is 0 Å². The third-order valence-electron chi connectivity index (χ3n) is 1.42. The molecule has 1 rings (SSSR count). The monoisotopic (exact) mass is 272 g/mol. The van der Waals surface area contributed by atoms with Gasteiger partial charge in [-0.3, -0.25) is 4.79 Å². The highest BCUT2D eigenvalue weighted by Crippen LogP contribution is 2.29. The molecule has 76 valence electrons. The zero-order chi connectivity index (χ0) is 10.9. The molecule has 0 bridgehead atoms. The lowest BCUT2D eigenvalue weighted by atomic mass is 10.2. The Bertz CT molecular complexity index is 481. The number of hydrogen-bond donors (Lipinski definition) is 0. The quantitative estimate of drug-likeness (QED) is 0.778. The highest BCUT2D eigenvalue weighted by molar-refractivity contribution is 8.13. The number of carbonyl (C=O) groups is 1. The van der Waals surface area contributed by atoms with E-state index in [1.54, 1.807) is 0 Å². The minimum absolute atomic E-state index is 0.133. The number of halogens is 3.